The number of nitrogens with one attached hydrogen (secondary N) is 4. The molecule has 1 saturated carbocycles. The second-order valence-corrected chi connectivity index (χ2v) is 20.7. The summed E-state index contributed by atoms with van der Waals surface area (Å²) in [5, 5.41) is 21.5. The van der Waals surface area contributed by atoms with Crippen LogP contribution in [-0.2, 0) is 29.1 Å². The minimum atomic E-state index is -4.46. The predicted molar refractivity (Wildman–Crippen MR) is 257 cm³/mol. The number of aliphatic carboxylic acids is 1. The van der Waals surface area contributed by atoms with Crippen LogP contribution in [0.2, 0.25) is 0 Å². The number of carboxylic acid groups (broad SMARTS) is 1. The molecule has 20 heteroatoms. The average molecular weight is 963 g/mol. The van der Waals surface area contributed by atoms with Gasteiger partial charge in [-0.1, -0.05) is 18.2 Å². The van der Waals surface area contributed by atoms with Crippen LogP contribution in [0.5, 0.6) is 11.5 Å². The van der Waals surface area contributed by atoms with Crippen LogP contribution in [0, 0.1) is 5.92 Å². The number of carbonyl (C=O) groups excluding carboxylic acids is 3. The first-order valence-corrected chi connectivity index (χ1v) is 24.7. The van der Waals surface area contributed by atoms with Gasteiger partial charge in [0.15, 0.2) is 5.13 Å². The lowest BCUT2D eigenvalue weighted by atomic mass is 10.1. The summed E-state index contributed by atoms with van der Waals surface area (Å²) in [6.45, 7) is 14.8. The number of unbranched alkanes of at least 4 members (excludes halogenated alkanes) is 1. The number of fused-ring (bicyclic) bond motifs is 1. The summed E-state index contributed by atoms with van der Waals surface area (Å²) in [6.07, 6.45) is 2.23. The molecule has 67 heavy (non-hydrogen) atoms. The molecule has 0 radical (unpaired) electrons. The number of thiazole rings is 1. The molecular weight excluding hydrogens is 901 g/mol. The molecule has 5 N–H and O–H groups in total. The van der Waals surface area contributed by atoms with Crippen molar-refractivity contribution in [1.82, 2.24) is 29.8 Å². The molecule has 6 rings (SSSR count). The molecule has 3 amide bonds. The van der Waals surface area contributed by atoms with E-state index >= 15 is 0 Å². The lowest BCUT2D eigenvalue weighted by molar-refractivity contribution is -0.137. The average Bonchev–Trinajstić information content (AvgIpc) is 3.52. The number of aromatic nitrogens is 2. The van der Waals surface area contributed by atoms with Crippen LogP contribution in [0.4, 0.5) is 15.6 Å². The molecule has 1 aliphatic heterocycles. The Morgan fingerprint density at radius 3 is 2.49 bits per heavy atom. The maximum Gasteiger partial charge on any atom is 0.411 e. The third-order valence-corrected chi connectivity index (χ3v) is 13.5. The lowest BCUT2D eigenvalue weighted by Crippen LogP contribution is -2.56. The van der Waals surface area contributed by atoms with Gasteiger partial charge in [0.05, 0.1) is 30.6 Å². The highest BCUT2D eigenvalue weighted by atomic mass is 32.2. The maximum atomic E-state index is 14.5. The molecule has 1 saturated heterocycles. The quantitative estimate of drug-likeness (QED) is 0.0418. The molecule has 0 spiro atoms. The van der Waals surface area contributed by atoms with Gasteiger partial charge >= 0.3 is 12.1 Å². The van der Waals surface area contributed by atoms with Crippen molar-refractivity contribution in [2.24, 2.45) is 5.92 Å². The van der Waals surface area contributed by atoms with Crippen LogP contribution in [0.15, 0.2) is 71.5 Å². The molecule has 0 bridgehead atoms. The summed E-state index contributed by atoms with van der Waals surface area (Å²) in [6, 6.07) is 12.4. The van der Waals surface area contributed by atoms with E-state index in [0.29, 0.717) is 65.4 Å². The van der Waals surface area contributed by atoms with Crippen LogP contribution < -0.4 is 30.1 Å². The van der Waals surface area contributed by atoms with Crippen molar-refractivity contribution in [3.8, 4) is 22.9 Å². The maximum absolute atomic E-state index is 14.5. The zero-order chi connectivity index (χ0) is 48.7. The molecule has 362 valence electrons. The molecule has 4 atom stereocenters. The van der Waals surface area contributed by atoms with Crippen molar-refractivity contribution in [2.75, 3.05) is 51.0 Å². The third kappa shape index (κ3) is 12.9. The number of methoxy groups -OCH3 is 1. The number of ether oxygens (including phenoxy) is 3. The molecule has 18 nitrogen and oxygen atoms in total. The van der Waals surface area contributed by atoms with Gasteiger partial charge in [0.1, 0.15) is 45.4 Å². The Morgan fingerprint density at radius 2 is 1.81 bits per heavy atom. The highest BCUT2D eigenvalue weighted by molar-refractivity contribution is 7.90. The van der Waals surface area contributed by atoms with Gasteiger partial charge < -0.3 is 40.2 Å². The normalized spacial score (nSPS) is 19.2. The van der Waals surface area contributed by atoms with Crippen LogP contribution in [0.3, 0.4) is 0 Å². The van der Waals surface area contributed by atoms with Crippen LogP contribution >= 0.6 is 11.3 Å². The van der Waals surface area contributed by atoms with Crippen molar-refractivity contribution in [2.45, 2.75) is 107 Å². The van der Waals surface area contributed by atoms with Gasteiger partial charge in [-0.15, -0.1) is 17.9 Å². The summed E-state index contributed by atoms with van der Waals surface area (Å²) in [5.74, 6) is -2.05. The van der Waals surface area contributed by atoms with E-state index in [1.807, 2.05) is 32.3 Å². The highest BCUT2D eigenvalue weighted by Gasteiger charge is 2.61. The Labute approximate surface area is 395 Å². The molecule has 2 fully saturated rings. The Bertz CT molecular complexity index is 2560. The van der Waals surface area contributed by atoms with Crippen molar-refractivity contribution >= 4 is 67.0 Å². The second kappa shape index (κ2) is 21.3. The lowest BCUT2D eigenvalue weighted by Gasteiger charge is -2.29. The minimum absolute atomic E-state index is 0.00828. The number of rotatable bonds is 22. The number of carbonyl (C=O) groups is 4. The van der Waals surface area contributed by atoms with E-state index < -0.39 is 63.1 Å². The number of carboxylic acids is 1. The molecular formula is C47H62N8O10S2. The Morgan fingerprint density at radius 1 is 1.06 bits per heavy atom. The number of amides is 3. The van der Waals surface area contributed by atoms with E-state index in [0.717, 1.165) is 18.1 Å². The number of para-hydroxylation sites is 1. The van der Waals surface area contributed by atoms with Crippen molar-refractivity contribution in [3.63, 3.8) is 0 Å². The fraction of sp³-hybridized carbons (Fsp3) is 0.489. The van der Waals surface area contributed by atoms with Gasteiger partial charge in [0, 0.05) is 54.2 Å². The highest BCUT2D eigenvalue weighted by Crippen LogP contribution is 2.45. The number of nitrogens with zero attached hydrogens (tertiary/aromatic N) is 4. The number of benzene rings is 2. The van der Waals surface area contributed by atoms with E-state index in [-0.39, 0.29) is 36.7 Å². The summed E-state index contributed by atoms with van der Waals surface area (Å²) >= 11 is 1.44. The smallest absolute Gasteiger partial charge is 0.411 e. The number of hydrogen-bond acceptors (Lipinski definition) is 15. The van der Waals surface area contributed by atoms with Crippen molar-refractivity contribution in [3.05, 3.63) is 66.6 Å². The van der Waals surface area contributed by atoms with E-state index in [1.165, 1.54) is 28.4 Å². The Kier molecular flexibility index (Phi) is 16.0. The zero-order valence-corrected chi connectivity index (χ0v) is 40.7. The van der Waals surface area contributed by atoms with E-state index in [2.05, 4.69) is 32.2 Å². The first-order valence-electron chi connectivity index (χ1n) is 22.3. The van der Waals surface area contributed by atoms with Gasteiger partial charge in [0.2, 0.25) is 5.91 Å². The van der Waals surface area contributed by atoms with E-state index in [9.17, 15) is 27.6 Å². The number of likely N-dealkylation sites (tertiary alicyclic amines) is 1. The van der Waals surface area contributed by atoms with Crippen LogP contribution in [-0.4, -0.2) is 127 Å². The third-order valence-electron chi connectivity index (χ3n) is 11.3. The first kappa shape index (κ1) is 50.4. The summed E-state index contributed by atoms with van der Waals surface area (Å²) in [4.78, 5) is 66.0. The molecule has 4 aromatic rings. The fourth-order valence-corrected chi connectivity index (χ4v) is 9.94. The molecule has 3 heterocycles. The molecule has 2 aromatic carbocycles. The van der Waals surface area contributed by atoms with Gasteiger partial charge in [-0.2, -0.15) is 0 Å². The van der Waals surface area contributed by atoms with Crippen molar-refractivity contribution < 1.29 is 46.9 Å². The fourth-order valence-electron chi connectivity index (χ4n) is 7.86. The topological polar surface area (TPSA) is 231 Å². The SMILES string of the molecule is C=C[C@@H]1C[C@]1(NC(=O)[C@@H]1C[C@@H](Oc2cc(-c3csc(NC(C)C)n3)nc3cc(OC)ccc23)CN1C(=O)OC(C)(C)C)C(=O)NS(=O)(=O)c1ccccc1NCCCCN(C)CCCC(=O)O. The van der Waals surface area contributed by atoms with Gasteiger partial charge in [-0.25, -0.2) is 27.9 Å². The standard InChI is InChI=1S/C47H62N8O10S2/c1-9-30-26-47(30,43(59)53-67(61,62)40-16-11-10-15-34(40)48-20-12-13-21-54(7)22-14-17-41(56)57)52-42(58)38-24-32(27-55(38)45(60)65-46(4,5)6)64-39-25-36(37-28-66-44(51-37)49-29(2)3)50-35-23-31(63-8)18-19-33(35)39/h9-11,15-16,18-19,23,25,28-30,32,38,48H,1,12-14,17,20-22,24,26-27H2,2-8H3,(H,49,51)(H,52,58)(H,53,59)(H,56,57)/t30-,32-,38+,47-/m1/s1. The van der Waals surface area contributed by atoms with Gasteiger partial charge in [0.25, 0.3) is 15.9 Å². The summed E-state index contributed by atoms with van der Waals surface area (Å²) in [5.41, 5.74) is -0.547. The van der Waals surface area contributed by atoms with Crippen LogP contribution in [0.25, 0.3) is 22.3 Å². The summed E-state index contributed by atoms with van der Waals surface area (Å²) in [7, 11) is -0.975. The molecule has 2 aromatic heterocycles. The molecule has 0 unspecified atom stereocenters. The number of anilines is 2. The number of sulfonamides is 1. The van der Waals surface area contributed by atoms with E-state index in [1.54, 1.807) is 64.3 Å². The monoisotopic (exact) mass is 962 g/mol. The zero-order valence-electron chi connectivity index (χ0n) is 39.1. The summed E-state index contributed by atoms with van der Waals surface area (Å²) < 4.78 is 48.0. The number of hydrogen-bond donors (Lipinski definition) is 5. The van der Waals surface area contributed by atoms with E-state index in [4.69, 9.17) is 29.3 Å². The van der Waals surface area contributed by atoms with Gasteiger partial charge in [-0.05, 0) is 105 Å². The Balaban J connectivity index is 1.18. The second-order valence-electron chi connectivity index (χ2n) is 18.2. The van der Waals surface area contributed by atoms with Gasteiger partial charge in [-0.3, -0.25) is 19.3 Å². The Hall–Kier alpha value is -5.99. The van der Waals surface area contributed by atoms with Crippen molar-refractivity contribution in [1.29, 1.82) is 0 Å². The largest absolute Gasteiger partial charge is 0.497 e. The minimum Gasteiger partial charge on any atom is -0.497 e. The van der Waals surface area contributed by atoms with Crippen LogP contribution in [0.1, 0.15) is 73.1 Å². The first-order chi connectivity index (χ1) is 31.7. The number of pyridine rings is 1. The molecule has 1 aliphatic carbocycles. The predicted octanol–water partition coefficient (Wildman–Crippen LogP) is 6.50. The molecule has 2 aliphatic rings.